The first-order valence-electron chi connectivity index (χ1n) is 4.21. The molecule has 0 bridgehead atoms. The van der Waals surface area contributed by atoms with Crippen LogP contribution in [0, 0.1) is 0 Å². The van der Waals surface area contributed by atoms with Crippen molar-refractivity contribution in [2.75, 3.05) is 0 Å². The van der Waals surface area contributed by atoms with Crippen LogP contribution in [-0.2, 0) is 0 Å². The maximum atomic E-state index is 5.14. The van der Waals surface area contributed by atoms with E-state index >= 15 is 0 Å². The Morgan fingerprint density at radius 3 is 2.58 bits per heavy atom. The van der Waals surface area contributed by atoms with Gasteiger partial charge in [0.05, 0.1) is 6.26 Å². The van der Waals surface area contributed by atoms with Crippen molar-refractivity contribution in [3.05, 3.63) is 36.3 Å². The van der Waals surface area contributed by atoms with Crippen LogP contribution in [0.5, 0.6) is 0 Å². The molecule has 0 aliphatic heterocycles. The number of rotatable bonds is 2. The summed E-state index contributed by atoms with van der Waals surface area (Å²) < 4.78 is 5.14. The van der Waals surface area contributed by atoms with Gasteiger partial charge in [0.25, 0.3) is 0 Å². The summed E-state index contributed by atoms with van der Waals surface area (Å²) in [5.74, 6) is 0.873. The van der Waals surface area contributed by atoms with E-state index in [0.29, 0.717) is 0 Å². The fourth-order valence-corrected chi connectivity index (χ4v) is 0.786. The van der Waals surface area contributed by atoms with Gasteiger partial charge in [-0.3, -0.25) is 0 Å². The maximum Gasteiger partial charge on any atom is 0.133 e. The quantitative estimate of drug-likeness (QED) is 0.644. The van der Waals surface area contributed by atoms with Gasteiger partial charge < -0.3 is 4.42 Å². The molecule has 0 saturated heterocycles. The van der Waals surface area contributed by atoms with E-state index in [-0.39, 0.29) is 0 Å². The lowest BCUT2D eigenvalue weighted by Crippen LogP contribution is -1.67. The van der Waals surface area contributed by atoms with Crippen molar-refractivity contribution in [3.8, 4) is 0 Å². The lowest BCUT2D eigenvalue weighted by Gasteiger charge is -1.85. The van der Waals surface area contributed by atoms with Crippen LogP contribution in [0.1, 0.15) is 32.1 Å². The van der Waals surface area contributed by atoms with Gasteiger partial charge in [-0.1, -0.05) is 32.6 Å². The summed E-state index contributed by atoms with van der Waals surface area (Å²) >= 11 is 0. The standard InChI is InChI=1S/C9H10O.C2H6/c1-3-5-9-8(4-2)6-7-10-9;1-2/h3-7H,2H2,1H3;1-2H3/b5-3-;. The third-order valence-corrected chi connectivity index (χ3v) is 1.27. The monoisotopic (exact) mass is 164 g/mol. The summed E-state index contributed by atoms with van der Waals surface area (Å²) in [4.78, 5) is 0. The second-order valence-electron chi connectivity index (χ2n) is 1.94. The van der Waals surface area contributed by atoms with Crippen LogP contribution in [-0.4, -0.2) is 0 Å². The summed E-state index contributed by atoms with van der Waals surface area (Å²) in [7, 11) is 0. The largest absolute Gasteiger partial charge is 0.464 e. The molecule has 66 valence electrons. The molecule has 1 heteroatoms. The molecule has 1 aromatic rings. The fraction of sp³-hybridized carbons (Fsp3) is 0.273. The van der Waals surface area contributed by atoms with Crippen LogP contribution in [0.4, 0.5) is 0 Å². The van der Waals surface area contributed by atoms with E-state index in [1.54, 1.807) is 12.3 Å². The molecule has 0 spiro atoms. The van der Waals surface area contributed by atoms with Crippen LogP contribution in [0.15, 0.2) is 29.4 Å². The van der Waals surface area contributed by atoms with Crippen LogP contribution < -0.4 is 0 Å². The van der Waals surface area contributed by atoms with E-state index in [9.17, 15) is 0 Å². The minimum Gasteiger partial charge on any atom is -0.464 e. The van der Waals surface area contributed by atoms with Gasteiger partial charge in [-0.05, 0) is 19.1 Å². The van der Waals surface area contributed by atoms with Crippen molar-refractivity contribution in [2.24, 2.45) is 0 Å². The highest BCUT2D eigenvalue weighted by molar-refractivity contribution is 5.59. The van der Waals surface area contributed by atoms with Crippen LogP contribution in [0.3, 0.4) is 0 Å². The molecule has 1 nitrogen and oxygen atoms in total. The van der Waals surface area contributed by atoms with Gasteiger partial charge in [0.2, 0.25) is 0 Å². The summed E-state index contributed by atoms with van der Waals surface area (Å²) in [6.45, 7) is 9.61. The van der Waals surface area contributed by atoms with E-state index in [4.69, 9.17) is 4.42 Å². The highest BCUT2D eigenvalue weighted by Crippen LogP contribution is 2.12. The van der Waals surface area contributed by atoms with Crippen molar-refractivity contribution < 1.29 is 4.42 Å². The number of allylic oxidation sites excluding steroid dienone is 1. The van der Waals surface area contributed by atoms with E-state index < -0.39 is 0 Å². The summed E-state index contributed by atoms with van der Waals surface area (Å²) in [5.41, 5.74) is 1.04. The van der Waals surface area contributed by atoms with Crippen molar-refractivity contribution >= 4 is 12.2 Å². The maximum absolute atomic E-state index is 5.14. The Morgan fingerprint density at radius 2 is 2.08 bits per heavy atom. The summed E-state index contributed by atoms with van der Waals surface area (Å²) in [6.07, 6.45) is 7.29. The zero-order chi connectivity index (χ0) is 9.40. The average Bonchev–Trinajstić information content (AvgIpc) is 2.56. The molecule has 0 aliphatic carbocycles. The third-order valence-electron chi connectivity index (χ3n) is 1.27. The van der Waals surface area contributed by atoms with Gasteiger partial charge in [0, 0.05) is 5.56 Å². The molecule has 1 heterocycles. The van der Waals surface area contributed by atoms with Gasteiger partial charge in [-0.15, -0.1) is 0 Å². The SMILES string of the molecule is C=Cc1ccoc1/C=C\C.CC. The van der Waals surface area contributed by atoms with Crippen molar-refractivity contribution in [1.29, 1.82) is 0 Å². The van der Waals surface area contributed by atoms with Crippen LogP contribution >= 0.6 is 0 Å². The molecule has 12 heavy (non-hydrogen) atoms. The molecule has 0 atom stereocenters. The number of hydrogen-bond donors (Lipinski definition) is 0. The highest BCUT2D eigenvalue weighted by atomic mass is 16.3. The molecule has 0 fully saturated rings. The first-order valence-corrected chi connectivity index (χ1v) is 4.21. The van der Waals surface area contributed by atoms with Crippen molar-refractivity contribution in [1.82, 2.24) is 0 Å². The van der Waals surface area contributed by atoms with Crippen LogP contribution in [0.2, 0.25) is 0 Å². The summed E-state index contributed by atoms with van der Waals surface area (Å²) in [5, 5.41) is 0. The fourth-order valence-electron chi connectivity index (χ4n) is 0.786. The number of hydrogen-bond acceptors (Lipinski definition) is 1. The first-order chi connectivity index (χ1) is 5.88. The Hall–Kier alpha value is -1.24. The lowest BCUT2D eigenvalue weighted by molar-refractivity contribution is 0.556. The Morgan fingerprint density at radius 1 is 1.42 bits per heavy atom. The van der Waals surface area contributed by atoms with E-state index in [2.05, 4.69) is 6.58 Å². The molecule has 0 aliphatic rings. The lowest BCUT2D eigenvalue weighted by atomic mass is 10.2. The predicted octanol–water partition coefficient (Wildman–Crippen LogP) is 3.98. The van der Waals surface area contributed by atoms with E-state index in [0.717, 1.165) is 11.3 Å². The van der Waals surface area contributed by atoms with Gasteiger partial charge in [0.1, 0.15) is 5.76 Å². The Kier molecular flexibility index (Phi) is 5.80. The zero-order valence-electron chi connectivity index (χ0n) is 8.00. The average molecular weight is 164 g/mol. The predicted molar refractivity (Wildman–Crippen MR) is 54.9 cm³/mol. The molecule has 0 unspecified atom stereocenters. The van der Waals surface area contributed by atoms with Gasteiger partial charge in [-0.2, -0.15) is 0 Å². The van der Waals surface area contributed by atoms with Gasteiger partial charge >= 0.3 is 0 Å². The zero-order valence-corrected chi connectivity index (χ0v) is 8.00. The Bertz CT molecular complexity index is 243. The van der Waals surface area contributed by atoms with E-state index in [1.165, 1.54) is 0 Å². The first kappa shape index (κ1) is 10.8. The second kappa shape index (κ2) is 6.47. The minimum absolute atomic E-state index is 0.873. The highest BCUT2D eigenvalue weighted by Gasteiger charge is 1.95. The van der Waals surface area contributed by atoms with Crippen LogP contribution in [0.25, 0.3) is 12.2 Å². The molecule has 0 amide bonds. The van der Waals surface area contributed by atoms with Gasteiger partial charge in [0.15, 0.2) is 0 Å². The molecule has 1 aromatic heterocycles. The Labute approximate surface area is 74.4 Å². The molecule has 1 rings (SSSR count). The van der Waals surface area contributed by atoms with Crippen molar-refractivity contribution in [3.63, 3.8) is 0 Å². The number of furan rings is 1. The normalized spacial score (nSPS) is 9.25. The topological polar surface area (TPSA) is 13.1 Å². The molecule has 0 aromatic carbocycles. The smallest absolute Gasteiger partial charge is 0.133 e. The van der Waals surface area contributed by atoms with Crippen molar-refractivity contribution in [2.45, 2.75) is 20.8 Å². The van der Waals surface area contributed by atoms with Gasteiger partial charge in [-0.25, -0.2) is 0 Å². The van der Waals surface area contributed by atoms with E-state index in [1.807, 2.05) is 39.0 Å². The molecular formula is C11H16O. The molecule has 0 saturated carbocycles. The second-order valence-corrected chi connectivity index (χ2v) is 1.94. The molecular weight excluding hydrogens is 148 g/mol. The molecule has 0 N–H and O–H groups in total. The molecule has 0 radical (unpaired) electrons. The summed E-state index contributed by atoms with van der Waals surface area (Å²) in [6, 6.07) is 1.89. The Balaban J connectivity index is 0.000000561. The third kappa shape index (κ3) is 2.79. The minimum atomic E-state index is 0.873.